The summed E-state index contributed by atoms with van der Waals surface area (Å²) in [4.78, 5) is 36.6. The Morgan fingerprint density at radius 3 is 2.72 bits per heavy atom. The van der Waals surface area contributed by atoms with Crippen molar-refractivity contribution in [2.24, 2.45) is 5.92 Å². The van der Waals surface area contributed by atoms with Gasteiger partial charge in [0.25, 0.3) is 5.91 Å². The van der Waals surface area contributed by atoms with Crippen LogP contribution in [0.1, 0.15) is 33.1 Å². The molecular formula is C18H24N2O5. The SMILES string of the molecule is CC(C)CC(NC(=O)COc1cccc(N2CCCC2=O)c1)C(=O)O. The molecule has 1 aliphatic heterocycles. The first-order valence-electron chi connectivity index (χ1n) is 8.42. The molecule has 1 saturated heterocycles. The molecule has 0 bridgehead atoms. The molecule has 0 spiro atoms. The fourth-order valence-corrected chi connectivity index (χ4v) is 2.74. The summed E-state index contributed by atoms with van der Waals surface area (Å²) >= 11 is 0. The predicted molar refractivity (Wildman–Crippen MR) is 92.5 cm³/mol. The zero-order valence-corrected chi connectivity index (χ0v) is 14.5. The van der Waals surface area contributed by atoms with E-state index in [1.807, 2.05) is 19.9 Å². The number of nitrogens with zero attached hydrogens (tertiary/aromatic N) is 1. The van der Waals surface area contributed by atoms with Crippen molar-refractivity contribution >= 4 is 23.5 Å². The third-order valence-corrected chi connectivity index (χ3v) is 3.91. The van der Waals surface area contributed by atoms with Crippen molar-refractivity contribution in [3.05, 3.63) is 24.3 Å². The monoisotopic (exact) mass is 348 g/mol. The minimum Gasteiger partial charge on any atom is -0.484 e. The highest BCUT2D eigenvalue weighted by atomic mass is 16.5. The first-order valence-corrected chi connectivity index (χ1v) is 8.42. The normalized spacial score (nSPS) is 15.3. The van der Waals surface area contributed by atoms with Gasteiger partial charge in [0.15, 0.2) is 6.61 Å². The molecule has 1 unspecified atom stereocenters. The highest BCUT2D eigenvalue weighted by Gasteiger charge is 2.23. The minimum absolute atomic E-state index is 0.0767. The standard InChI is InChI=1S/C18H24N2O5/c1-12(2)9-15(18(23)24)19-16(21)11-25-14-6-3-5-13(10-14)20-8-4-7-17(20)22/h3,5-6,10,12,15H,4,7-9,11H2,1-2H3,(H,19,21)(H,23,24). The molecule has 1 heterocycles. The molecule has 25 heavy (non-hydrogen) atoms. The number of amides is 2. The summed E-state index contributed by atoms with van der Waals surface area (Å²) in [6, 6.07) is 6.05. The second-order valence-electron chi connectivity index (χ2n) is 6.52. The third-order valence-electron chi connectivity index (χ3n) is 3.91. The van der Waals surface area contributed by atoms with Crippen LogP contribution in [0, 0.1) is 5.92 Å². The van der Waals surface area contributed by atoms with E-state index in [-0.39, 0.29) is 18.4 Å². The Kier molecular flexibility index (Phi) is 6.38. The largest absolute Gasteiger partial charge is 0.484 e. The number of ether oxygens (including phenoxy) is 1. The maximum atomic E-state index is 11.9. The van der Waals surface area contributed by atoms with Crippen molar-refractivity contribution in [3.63, 3.8) is 0 Å². The number of carbonyl (C=O) groups is 3. The van der Waals surface area contributed by atoms with E-state index in [1.165, 1.54) is 0 Å². The lowest BCUT2D eigenvalue weighted by molar-refractivity contribution is -0.142. The van der Waals surface area contributed by atoms with E-state index in [4.69, 9.17) is 9.84 Å². The number of aliphatic carboxylic acids is 1. The zero-order chi connectivity index (χ0) is 18.4. The molecule has 136 valence electrons. The lowest BCUT2D eigenvalue weighted by Crippen LogP contribution is -2.43. The molecule has 1 fully saturated rings. The molecule has 0 saturated carbocycles. The van der Waals surface area contributed by atoms with Crippen LogP contribution < -0.4 is 15.0 Å². The van der Waals surface area contributed by atoms with Crippen LogP contribution in [-0.4, -0.2) is 42.1 Å². The van der Waals surface area contributed by atoms with Crippen LogP contribution in [0.3, 0.4) is 0 Å². The van der Waals surface area contributed by atoms with E-state index >= 15 is 0 Å². The molecule has 1 aliphatic rings. The highest BCUT2D eigenvalue weighted by Crippen LogP contribution is 2.25. The number of carbonyl (C=O) groups excluding carboxylic acids is 2. The van der Waals surface area contributed by atoms with Crippen molar-refractivity contribution in [3.8, 4) is 5.75 Å². The third kappa shape index (κ3) is 5.48. The van der Waals surface area contributed by atoms with Crippen LogP contribution in [-0.2, 0) is 14.4 Å². The Bertz CT molecular complexity index is 644. The number of nitrogens with one attached hydrogen (secondary N) is 1. The van der Waals surface area contributed by atoms with Gasteiger partial charge < -0.3 is 20.1 Å². The summed E-state index contributed by atoms with van der Waals surface area (Å²) in [6.07, 6.45) is 1.73. The topological polar surface area (TPSA) is 95.9 Å². The molecule has 7 heteroatoms. The van der Waals surface area contributed by atoms with E-state index in [0.29, 0.717) is 25.1 Å². The molecule has 1 atom stereocenters. The number of carboxylic acids is 1. The van der Waals surface area contributed by atoms with Gasteiger partial charge in [0.2, 0.25) is 5.91 Å². The van der Waals surface area contributed by atoms with Crippen LogP contribution in [0.2, 0.25) is 0 Å². The van der Waals surface area contributed by atoms with E-state index in [9.17, 15) is 14.4 Å². The Labute approximate surface area is 147 Å². The van der Waals surface area contributed by atoms with Gasteiger partial charge in [-0.2, -0.15) is 0 Å². The van der Waals surface area contributed by atoms with Crippen LogP contribution in [0.15, 0.2) is 24.3 Å². The van der Waals surface area contributed by atoms with Gasteiger partial charge in [-0.15, -0.1) is 0 Å². The summed E-state index contributed by atoms with van der Waals surface area (Å²) in [5, 5.41) is 11.6. The molecule has 2 N–H and O–H groups in total. The molecule has 1 aromatic rings. The lowest BCUT2D eigenvalue weighted by Gasteiger charge is -2.18. The number of hydrogen-bond acceptors (Lipinski definition) is 4. The number of benzene rings is 1. The molecule has 0 aromatic heterocycles. The van der Waals surface area contributed by atoms with Crippen molar-refractivity contribution in [2.45, 2.75) is 39.2 Å². The molecule has 0 radical (unpaired) electrons. The molecule has 2 amide bonds. The van der Waals surface area contributed by atoms with Crippen molar-refractivity contribution < 1.29 is 24.2 Å². The summed E-state index contributed by atoms with van der Waals surface area (Å²) in [7, 11) is 0. The van der Waals surface area contributed by atoms with Gasteiger partial charge >= 0.3 is 5.97 Å². The van der Waals surface area contributed by atoms with Gasteiger partial charge in [0.1, 0.15) is 11.8 Å². The van der Waals surface area contributed by atoms with Crippen molar-refractivity contribution in [1.82, 2.24) is 5.32 Å². The fraction of sp³-hybridized carbons (Fsp3) is 0.500. The van der Waals surface area contributed by atoms with Crippen molar-refractivity contribution in [1.29, 1.82) is 0 Å². The van der Waals surface area contributed by atoms with Crippen LogP contribution >= 0.6 is 0 Å². The Hall–Kier alpha value is -2.57. The number of carboxylic acid groups (broad SMARTS) is 1. The summed E-state index contributed by atoms with van der Waals surface area (Å²) in [5.41, 5.74) is 0.739. The van der Waals surface area contributed by atoms with E-state index in [1.54, 1.807) is 23.1 Å². The quantitative estimate of drug-likeness (QED) is 0.747. The molecular weight excluding hydrogens is 324 g/mol. The molecule has 0 aliphatic carbocycles. The number of rotatable bonds is 8. The lowest BCUT2D eigenvalue weighted by atomic mass is 10.0. The fourth-order valence-electron chi connectivity index (χ4n) is 2.74. The van der Waals surface area contributed by atoms with E-state index < -0.39 is 17.9 Å². The average Bonchev–Trinajstić information content (AvgIpc) is 2.98. The highest BCUT2D eigenvalue weighted by molar-refractivity contribution is 5.95. The first-order chi connectivity index (χ1) is 11.9. The predicted octanol–water partition coefficient (Wildman–Crippen LogP) is 1.81. The van der Waals surface area contributed by atoms with Crippen LogP contribution in [0.25, 0.3) is 0 Å². The van der Waals surface area contributed by atoms with Gasteiger partial charge in [0, 0.05) is 24.7 Å². The maximum absolute atomic E-state index is 11.9. The Balaban J connectivity index is 1.91. The van der Waals surface area contributed by atoms with Gasteiger partial charge in [-0.25, -0.2) is 4.79 Å². The second-order valence-corrected chi connectivity index (χ2v) is 6.52. The van der Waals surface area contributed by atoms with E-state index in [0.717, 1.165) is 12.1 Å². The maximum Gasteiger partial charge on any atom is 0.326 e. The smallest absolute Gasteiger partial charge is 0.326 e. The summed E-state index contributed by atoms with van der Waals surface area (Å²) in [5.74, 6) is -0.861. The van der Waals surface area contributed by atoms with Gasteiger partial charge in [-0.3, -0.25) is 9.59 Å². The minimum atomic E-state index is -1.06. The van der Waals surface area contributed by atoms with Crippen LogP contribution in [0.4, 0.5) is 5.69 Å². The van der Waals surface area contributed by atoms with Gasteiger partial charge in [-0.05, 0) is 30.9 Å². The first kappa shape index (κ1) is 18.8. The Morgan fingerprint density at radius 2 is 2.12 bits per heavy atom. The second kappa shape index (κ2) is 8.50. The molecule has 2 rings (SSSR count). The molecule has 1 aromatic carbocycles. The van der Waals surface area contributed by atoms with Crippen LogP contribution in [0.5, 0.6) is 5.75 Å². The van der Waals surface area contributed by atoms with Crippen molar-refractivity contribution in [2.75, 3.05) is 18.1 Å². The van der Waals surface area contributed by atoms with Gasteiger partial charge in [-0.1, -0.05) is 19.9 Å². The summed E-state index contributed by atoms with van der Waals surface area (Å²) < 4.78 is 5.45. The van der Waals surface area contributed by atoms with E-state index in [2.05, 4.69) is 5.32 Å². The average molecular weight is 348 g/mol. The zero-order valence-electron chi connectivity index (χ0n) is 14.5. The molecule has 7 nitrogen and oxygen atoms in total. The van der Waals surface area contributed by atoms with Gasteiger partial charge in [0.05, 0.1) is 0 Å². The Morgan fingerprint density at radius 1 is 1.36 bits per heavy atom. The number of hydrogen-bond donors (Lipinski definition) is 2. The number of anilines is 1. The summed E-state index contributed by atoms with van der Waals surface area (Å²) in [6.45, 7) is 4.19.